The highest BCUT2D eigenvalue weighted by Gasteiger charge is 2.24. The summed E-state index contributed by atoms with van der Waals surface area (Å²) in [5, 5.41) is 23.7. The molecule has 0 bridgehead atoms. The van der Waals surface area contributed by atoms with Gasteiger partial charge in [0.15, 0.2) is 0 Å². The average Bonchev–Trinajstić information content (AvgIpc) is 3.24. The van der Waals surface area contributed by atoms with Crippen LogP contribution in [0, 0.1) is 0 Å². The van der Waals surface area contributed by atoms with Crippen LogP contribution in [0.25, 0.3) is 0 Å². The minimum absolute atomic E-state index is 0.00564. The molecule has 3 unspecified atom stereocenters. The Hall–Kier alpha value is -3.48. The number of aliphatic hydroxyl groups is 2. The predicted molar refractivity (Wildman–Crippen MR) is 259 cm³/mol. The molecule has 6 heteroatoms. The molecule has 3 atom stereocenters. The summed E-state index contributed by atoms with van der Waals surface area (Å²) in [7, 11) is 0. The third-order valence-corrected chi connectivity index (χ3v) is 10.3. The summed E-state index contributed by atoms with van der Waals surface area (Å²) in [6, 6.07) is -0.739. The smallest absolute Gasteiger partial charge is 0.306 e. The number of aliphatic hydroxyl groups excluding tert-OH is 2. The number of amides is 1. The van der Waals surface area contributed by atoms with Gasteiger partial charge in [-0.05, 0) is 57.8 Å². The van der Waals surface area contributed by atoms with Gasteiger partial charge in [0.05, 0.1) is 25.2 Å². The Kier molecular flexibility index (Phi) is 43.9. The first-order valence-corrected chi connectivity index (χ1v) is 24.2. The molecule has 1 amide bonds. The van der Waals surface area contributed by atoms with Gasteiger partial charge in [0.2, 0.25) is 5.91 Å². The maximum absolute atomic E-state index is 13.2. The fourth-order valence-corrected chi connectivity index (χ4v) is 6.70. The highest BCUT2D eigenvalue weighted by atomic mass is 16.5. The number of carbonyl (C=O) groups excluding carboxylic acids is 2. The molecule has 0 saturated carbocycles. The monoisotopic (exact) mass is 832 g/mol. The molecule has 0 saturated heterocycles. The zero-order valence-corrected chi connectivity index (χ0v) is 38.5. The molecule has 0 spiro atoms. The molecular formula is C54H89NO5. The van der Waals surface area contributed by atoms with Crippen LogP contribution in [0.5, 0.6) is 0 Å². The molecule has 0 heterocycles. The van der Waals surface area contributed by atoms with Crippen molar-refractivity contribution in [2.24, 2.45) is 0 Å². The van der Waals surface area contributed by atoms with Gasteiger partial charge < -0.3 is 20.3 Å². The fourth-order valence-electron chi connectivity index (χ4n) is 6.70. The maximum atomic E-state index is 13.2. The Labute approximate surface area is 368 Å². The van der Waals surface area contributed by atoms with Crippen molar-refractivity contribution in [1.29, 1.82) is 0 Å². The topological polar surface area (TPSA) is 95.9 Å². The summed E-state index contributed by atoms with van der Waals surface area (Å²) < 4.78 is 5.85. The van der Waals surface area contributed by atoms with E-state index < -0.39 is 18.2 Å². The van der Waals surface area contributed by atoms with E-state index in [4.69, 9.17) is 4.74 Å². The van der Waals surface area contributed by atoms with Crippen LogP contribution in [0.3, 0.4) is 0 Å². The average molecular weight is 832 g/mol. The van der Waals surface area contributed by atoms with E-state index in [0.717, 1.165) is 70.6 Å². The zero-order valence-electron chi connectivity index (χ0n) is 38.5. The number of ether oxygens (including phenoxy) is 1. The molecule has 340 valence electrons. The van der Waals surface area contributed by atoms with Gasteiger partial charge in [-0.25, -0.2) is 0 Å². The van der Waals surface area contributed by atoms with Crippen LogP contribution in [-0.4, -0.2) is 46.9 Å². The van der Waals surface area contributed by atoms with E-state index in [0.29, 0.717) is 19.3 Å². The summed E-state index contributed by atoms with van der Waals surface area (Å²) >= 11 is 0. The largest absolute Gasteiger partial charge is 0.462 e. The Morgan fingerprint density at radius 1 is 0.500 bits per heavy atom. The van der Waals surface area contributed by atoms with Gasteiger partial charge in [-0.15, -0.1) is 0 Å². The highest BCUT2D eigenvalue weighted by molar-refractivity contribution is 5.77. The van der Waals surface area contributed by atoms with E-state index in [1.807, 2.05) is 85.1 Å². The van der Waals surface area contributed by atoms with E-state index in [2.05, 4.69) is 50.4 Å². The normalized spacial score (nSPS) is 14.3. The van der Waals surface area contributed by atoms with E-state index in [9.17, 15) is 19.8 Å². The first-order valence-electron chi connectivity index (χ1n) is 24.2. The van der Waals surface area contributed by atoms with Gasteiger partial charge in [0, 0.05) is 6.42 Å². The van der Waals surface area contributed by atoms with Crippen molar-refractivity contribution in [3.05, 3.63) is 109 Å². The quantitative estimate of drug-likeness (QED) is 0.0324. The second-order valence-electron chi connectivity index (χ2n) is 16.0. The van der Waals surface area contributed by atoms with E-state index in [-0.39, 0.29) is 24.9 Å². The van der Waals surface area contributed by atoms with Crippen LogP contribution in [-0.2, 0) is 14.3 Å². The lowest BCUT2D eigenvalue weighted by Gasteiger charge is -2.24. The van der Waals surface area contributed by atoms with Crippen molar-refractivity contribution in [2.75, 3.05) is 6.61 Å². The Balaban J connectivity index is 4.75. The molecule has 0 rings (SSSR count). The first kappa shape index (κ1) is 56.5. The number of hydrogen-bond donors (Lipinski definition) is 3. The number of rotatable bonds is 41. The number of esters is 1. The summed E-state index contributed by atoms with van der Waals surface area (Å²) in [6.07, 6.45) is 62.9. The standard InChI is InChI=1S/C54H89NO5/c1-4-7-10-13-16-19-22-25-26-29-31-34-37-40-43-46-52(57)51(49-56)55-53(58)48-50(45-42-39-36-33-30-27-23-20-17-14-11-8-5-2)60-54(59)47-44-41-38-35-32-28-24-21-18-15-12-9-6-3/h8-9,11-12,14-15,17-18,20-21,23-24,27-28,30,32-33,36,50-52,56-57H,4-7,10,13,16,19,22,25-26,29,31,34-35,37-49H2,1-3H3,(H,55,58)/b11-8+,12-9+,17-14+,18-15+,23-20-,24-21-,30-27-,32-28-,36-33+. The molecule has 6 nitrogen and oxygen atoms in total. The van der Waals surface area contributed by atoms with Gasteiger partial charge >= 0.3 is 5.97 Å². The number of unbranched alkanes of at least 4 members (excludes halogenated alkanes) is 18. The van der Waals surface area contributed by atoms with Crippen molar-refractivity contribution in [1.82, 2.24) is 5.32 Å². The third-order valence-electron chi connectivity index (χ3n) is 10.3. The maximum Gasteiger partial charge on any atom is 0.306 e. The predicted octanol–water partition coefficient (Wildman–Crippen LogP) is 14.3. The summed E-state index contributed by atoms with van der Waals surface area (Å²) in [4.78, 5) is 26.0. The van der Waals surface area contributed by atoms with E-state index >= 15 is 0 Å². The second-order valence-corrected chi connectivity index (χ2v) is 16.0. The van der Waals surface area contributed by atoms with Gasteiger partial charge in [-0.3, -0.25) is 9.59 Å². The number of hydrogen-bond acceptors (Lipinski definition) is 5. The zero-order chi connectivity index (χ0) is 43.8. The van der Waals surface area contributed by atoms with Gasteiger partial charge in [0.25, 0.3) is 0 Å². The van der Waals surface area contributed by atoms with Crippen molar-refractivity contribution >= 4 is 11.9 Å². The van der Waals surface area contributed by atoms with Crippen LogP contribution in [0.4, 0.5) is 0 Å². The molecule has 0 aliphatic rings. The van der Waals surface area contributed by atoms with Crippen LogP contribution in [0.15, 0.2) is 109 Å². The third kappa shape index (κ3) is 41.3. The molecule has 3 N–H and O–H groups in total. The van der Waals surface area contributed by atoms with E-state index in [1.54, 1.807) is 0 Å². The highest BCUT2D eigenvalue weighted by Crippen LogP contribution is 2.16. The minimum atomic E-state index is -0.820. The van der Waals surface area contributed by atoms with Gasteiger partial charge in [-0.1, -0.05) is 233 Å². The summed E-state index contributed by atoms with van der Waals surface area (Å²) in [5.74, 6) is -0.604. The molecule has 0 aromatic rings. The van der Waals surface area contributed by atoms with Crippen molar-refractivity contribution in [3.8, 4) is 0 Å². The molecule has 0 fully saturated rings. The second kappa shape index (κ2) is 46.6. The fraction of sp³-hybridized carbons (Fsp3) is 0.630. The number of nitrogens with one attached hydrogen (secondary N) is 1. The van der Waals surface area contributed by atoms with Crippen molar-refractivity contribution in [3.63, 3.8) is 0 Å². The van der Waals surface area contributed by atoms with Crippen LogP contribution >= 0.6 is 0 Å². The van der Waals surface area contributed by atoms with Crippen molar-refractivity contribution < 1.29 is 24.5 Å². The molecule has 0 aromatic heterocycles. The summed E-state index contributed by atoms with van der Waals surface area (Å²) in [6.45, 7) is 6.15. The van der Waals surface area contributed by atoms with Crippen molar-refractivity contribution in [2.45, 2.75) is 212 Å². The van der Waals surface area contributed by atoms with E-state index in [1.165, 1.54) is 77.0 Å². The van der Waals surface area contributed by atoms with Crippen LogP contribution < -0.4 is 5.32 Å². The molecule has 0 radical (unpaired) electrons. The minimum Gasteiger partial charge on any atom is -0.462 e. The Morgan fingerprint density at radius 3 is 1.38 bits per heavy atom. The lowest BCUT2D eigenvalue weighted by Crippen LogP contribution is -2.46. The van der Waals surface area contributed by atoms with Crippen LogP contribution in [0.2, 0.25) is 0 Å². The molecular weight excluding hydrogens is 743 g/mol. The molecule has 0 aromatic carbocycles. The number of allylic oxidation sites excluding steroid dienone is 18. The Morgan fingerprint density at radius 2 is 0.917 bits per heavy atom. The molecule has 0 aliphatic carbocycles. The van der Waals surface area contributed by atoms with Gasteiger partial charge in [0.1, 0.15) is 6.10 Å². The lowest BCUT2D eigenvalue weighted by atomic mass is 10.0. The molecule has 60 heavy (non-hydrogen) atoms. The lowest BCUT2D eigenvalue weighted by molar-refractivity contribution is -0.151. The number of carbonyl (C=O) groups is 2. The summed E-state index contributed by atoms with van der Waals surface area (Å²) in [5.41, 5.74) is 0. The van der Waals surface area contributed by atoms with Crippen LogP contribution in [0.1, 0.15) is 194 Å². The Bertz CT molecular complexity index is 1250. The molecule has 0 aliphatic heterocycles. The first-order chi connectivity index (χ1) is 29.5. The van der Waals surface area contributed by atoms with Gasteiger partial charge in [-0.2, -0.15) is 0 Å². The SMILES string of the molecule is CC/C=C/C=C/C=C\C=C/C=C/CCCC(CC(=O)NC(CO)C(O)CCCCCCCCCCCCCCCCC)OC(=O)CCCCC\C=C/C=C\C=C\C=C\CC.